The summed E-state index contributed by atoms with van der Waals surface area (Å²) >= 11 is 0. The molecule has 0 radical (unpaired) electrons. The smallest absolute Gasteiger partial charge is 0.307 e. The van der Waals surface area contributed by atoms with Gasteiger partial charge in [0.05, 0.1) is 5.92 Å². The van der Waals surface area contributed by atoms with E-state index in [1.165, 1.54) is 37.7 Å². The van der Waals surface area contributed by atoms with Crippen LogP contribution in [-0.4, -0.2) is 16.9 Å². The predicted octanol–water partition coefficient (Wildman–Crippen LogP) is 5.27. The van der Waals surface area contributed by atoms with Gasteiger partial charge in [-0.1, -0.05) is 69.7 Å². The Morgan fingerprint density at radius 3 is 2.21 bits per heavy atom. The molecule has 0 bridgehead atoms. The first-order valence-corrected chi connectivity index (χ1v) is 9.49. The van der Waals surface area contributed by atoms with E-state index < -0.39 is 11.9 Å². The molecule has 0 aliphatic heterocycles. The molecule has 3 heteroatoms. The fraction of sp³-hybridized carbons (Fsp3) is 0.619. The Bertz CT molecular complexity index is 533. The predicted molar refractivity (Wildman–Crippen MR) is 96.3 cm³/mol. The lowest BCUT2D eigenvalue weighted by Crippen LogP contribution is -2.32. The van der Waals surface area contributed by atoms with Gasteiger partial charge in [0.15, 0.2) is 5.78 Å². The lowest BCUT2D eigenvalue weighted by Gasteiger charge is -2.27. The van der Waals surface area contributed by atoms with Crippen molar-refractivity contribution in [2.45, 2.75) is 71.1 Å². The maximum atomic E-state index is 12.7. The van der Waals surface area contributed by atoms with Crippen molar-refractivity contribution in [3.05, 3.63) is 35.4 Å². The topological polar surface area (TPSA) is 54.4 Å². The molecule has 2 unspecified atom stereocenters. The van der Waals surface area contributed by atoms with E-state index in [0.29, 0.717) is 18.4 Å². The lowest BCUT2D eigenvalue weighted by atomic mass is 9.75. The van der Waals surface area contributed by atoms with Gasteiger partial charge in [-0.2, -0.15) is 0 Å². The van der Waals surface area contributed by atoms with Crippen LogP contribution in [0.2, 0.25) is 0 Å². The van der Waals surface area contributed by atoms with Crippen LogP contribution in [0, 0.1) is 11.8 Å². The molecule has 0 spiro atoms. The molecule has 2 atom stereocenters. The van der Waals surface area contributed by atoms with E-state index >= 15 is 0 Å². The van der Waals surface area contributed by atoms with Crippen LogP contribution in [0.5, 0.6) is 0 Å². The fourth-order valence-corrected chi connectivity index (χ4v) is 3.72. The number of benzene rings is 1. The van der Waals surface area contributed by atoms with Crippen LogP contribution in [0.25, 0.3) is 0 Å². The second-order valence-corrected chi connectivity index (χ2v) is 7.06. The molecular formula is C21H30O3. The van der Waals surface area contributed by atoms with Crippen LogP contribution in [0.3, 0.4) is 0 Å². The van der Waals surface area contributed by atoms with E-state index in [1.54, 1.807) is 0 Å². The molecule has 1 aliphatic carbocycles. The largest absolute Gasteiger partial charge is 0.481 e. The number of hydrogen-bond acceptors (Lipinski definition) is 2. The highest BCUT2D eigenvalue weighted by atomic mass is 16.4. The molecule has 1 aromatic carbocycles. The van der Waals surface area contributed by atoms with Crippen molar-refractivity contribution >= 4 is 11.8 Å². The molecule has 0 amide bonds. The number of unbranched alkanes of at least 4 members (excludes halogenated alkanes) is 4. The van der Waals surface area contributed by atoms with E-state index in [1.807, 2.05) is 24.3 Å². The third-order valence-electron chi connectivity index (χ3n) is 5.23. The van der Waals surface area contributed by atoms with Gasteiger partial charge in [0, 0.05) is 11.5 Å². The van der Waals surface area contributed by atoms with Crippen LogP contribution in [-0.2, 0) is 11.2 Å². The minimum absolute atomic E-state index is 0.0107. The highest BCUT2D eigenvalue weighted by Gasteiger charge is 2.35. The second kappa shape index (κ2) is 9.61. The number of ketones is 1. The number of carbonyl (C=O) groups excluding carboxylic acids is 1. The van der Waals surface area contributed by atoms with Gasteiger partial charge in [-0.05, 0) is 31.2 Å². The van der Waals surface area contributed by atoms with Gasteiger partial charge in [-0.3, -0.25) is 9.59 Å². The summed E-state index contributed by atoms with van der Waals surface area (Å²) in [7, 11) is 0. The number of hydrogen-bond donors (Lipinski definition) is 1. The first kappa shape index (κ1) is 18.7. The van der Waals surface area contributed by atoms with E-state index in [9.17, 15) is 14.7 Å². The molecule has 1 fully saturated rings. The summed E-state index contributed by atoms with van der Waals surface area (Å²) in [6.45, 7) is 2.22. The molecular weight excluding hydrogens is 300 g/mol. The van der Waals surface area contributed by atoms with Gasteiger partial charge in [0.1, 0.15) is 0 Å². The van der Waals surface area contributed by atoms with Crippen molar-refractivity contribution in [2.75, 3.05) is 0 Å². The van der Waals surface area contributed by atoms with Gasteiger partial charge in [-0.25, -0.2) is 0 Å². The average molecular weight is 330 g/mol. The molecule has 2 rings (SSSR count). The van der Waals surface area contributed by atoms with Crippen LogP contribution in [0.1, 0.15) is 80.6 Å². The standard InChI is InChI=1S/C21H30O3/c1-2-3-4-5-6-9-16-12-14-17(15-13-16)20(22)18-10-7-8-11-19(18)21(23)24/h12-15,18-19H,2-11H2,1H3,(H,23,24). The molecule has 24 heavy (non-hydrogen) atoms. The minimum Gasteiger partial charge on any atom is -0.481 e. The van der Waals surface area contributed by atoms with Crippen LogP contribution in [0.4, 0.5) is 0 Å². The van der Waals surface area contributed by atoms with Crippen molar-refractivity contribution in [3.63, 3.8) is 0 Å². The van der Waals surface area contributed by atoms with E-state index in [4.69, 9.17) is 0 Å². The summed E-state index contributed by atoms with van der Waals surface area (Å²) in [4.78, 5) is 24.1. The molecule has 132 valence electrons. The van der Waals surface area contributed by atoms with Gasteiger partial charge in [0.2, 0.25) is 0 Å². The Morgan fingerprint density at radius 1 is 0.958 bits per heavy atom. The number of aryl methyl sites for hydroxylation is 1. The summed E-state index contributed by atoms with van der Waals surface area (Å²) in [6.07, 6.45) is 10.6. The van der Waals surface area contributed by atoms with Gasteiger partial charge >= 0.3 is 5.97 Å². The van der Waals surface area contributed by atoms with Crippen LogP contribution < -0.4 is 0 Å². The Kier molecular flexibility index (Phi) is 7.48. The Hall–Kier alpha value is -1.64. The monoisotopic (exact) mass is 330 g/mol. The number of Topliss-reactive ketones (excluding diaryl/α,β-unsaturated/α-hetero) is 1. The zero-order valence-corrected chi connectivity index (χ0v) is 14.8. The zero-order chi connectivity index (χ0) is 17.4. The Labute approximate surface area is 145 Å². The molecule has 0 saturated heterocycles. The van der Waals surface area contributed by atoms with E-state index in [-0.39, 0.29) is 11.7 Å². The Balaban J connectivity index is 1.91. The van der Waals surface area contributed by atoms with Gasteiger partial charge < -0.3 is 5.11 Å². The average Bonchev–Trinajstić information content (AvgIpc) is 2.61. The Morgan fingerprint density at radius 2 is 1.58 bits per heavy atom. The molecule has 1 aliphatic rings. The minimum atomic E-state index is -0.822. The number of carbonyl (C=O) groups is 2. The number of rotatable bonds is 9. The van der Waals surface area contributed by atoms with E-state index in [2.05, 4.69) is 6.92 Å². The molecule has 1 saturated carbocycles. The lowest BCUT2D eigenvalue weighted by molar-refractivity contribution is -0.144. The highest BCUT2D eigenvalue weighted by molar-refractivity contribution is 6.00. The normalized spacial score (nSPS) is 20.7. The van der Waals surface area contributed by atoms with Crippen LogP contribution >= 0.6 is 0 Å². The zero-order valence-electron chi connectivity index (χ0n) is 14.8. The van der Waals surface area contributed by atoms with Crippen molar-refractivity contribution in [2.24, 2.45) is 11.8 Å². The molecule has 3 nitrogen and oxygen atoms in total. The summed E-state index contributed by atoms with van der Waals surface area (Å²) in [6, 6.07) is 7.84. The third-order valence-corrected chi connectivity index (χ3v) is 5.23. The fourth-order valence-electron chi connectivity index (χ4n) is 3.72. The summed E-state index contributed by atoms with van der Waals surface area (Å²) in [5.74, 6) is -1.67. The maximum Gasteiger partial charge on any atom is 0.307 e. The summed E-state index contributed by atoms with van der Waals surface area (Å²) in [5.41, 5.74) is 1.93. The summed E-state index contributed by atoms with van der Waals surface area (Å²) < 4.78 is 0. The van der Waals surface area contributed by atoms with Crippen molar-refractivity contribution in [1.82, 2.24) is 0 Å². The SMILES string of the molecule is CCCCCCCc1ccc(C(=O)C2CCCCC2C(=O)O)cc1. The van der Waals surface area contributed by atoms with Gasteiger partial charge in [0.25, 0.3) is 0 Å². The number of aliphatic carboxylic acids is 1. The molecule has 0 aromatic heterocycles. The van der Waals surface area contributed by atoms with E-state index in [0.717, 1.165) is 19.3 Å². The second-order valence-electron chi connectivity index (χ2n) is 7.06. The van der Waals surface area contributed by atoms with Crippen molar-refractivity contribution < 1.29 is 14.7 Å². The molecule has 1 aromatic rings. The maximum absolute atomic E-state index is 12.7. The number of carboxylic acids is 1. The van der Waals surface area contributed by atoms with Crippen LogP contribution in [0.15, 0.2) is 24.3 Å². The summed E-state index contributed by atoms with van der Waals surface area (Å²) in [5, 5.41) is 9.35. The molecule has 1 N–H and O–H groups in total. The van der Waals surface area contributed by atoms with Gasteiger partial charge in [-0.15, -0.1) is 0 Å². The first-order chi connectivity index (χ1) is 11.6. The highest BCUT2D eigenvalue weighted by Crippen LogP contribution is 2.32. The van der Waals surface area contributed by atoms with Crippen molar-refractivity contribution in [1.29, 1.82) is 0 Å². The first-order valence-electron chi connectivity index (χ1n) is 9.49. The van der Waals surface area contributed by atoms with Crippen molar-refractivity contribution in [3.8, 4) is 0 Å². The number of carboxylic acid groups (broad SMARTS) is 1. The third kappa shape index (κ3) is 5.19. The quantitative estimate of drug-likeness (QED) is 0.495. The molecule has 0 heterocycles.